The van der Waals surface area contributed by atoms with Gasteiger partial charge in [-0.1, -0.05) is 5.10 Å². The number of nitrogen functional groups attached to an aromatic ring is 1. The molecule has 2 aromatic rings. The summed E-state index contributed by atoms with van der Waals surface area (Å²) in [7, 11) is 4.52. The lowest BCUT2D eigenvalue weighted by atomic mass is 10.1. The summed E-state index contributed by atoms with van der Waals surface area (Å²) in [6.07, 6.45) is 0. The zero-order valence-electron chi connectivity index (χ0n) is 10.7. The minimum Gasteiger partial charge on any atom is -0.493 e. The van der Waals surface area contributed by atoms with Gasteiger partial charge in [0.25, 0.3) is 0 Å². The van der Waals surface area contributed by atoms with Crippen LogP contribution in [0.4, 0.5) is 0 Å². The summed E-state index contributed by atoms with van der Waals surface area (Å²) in [4.78, 5) is 0. The number of hydrogen-bond acceptors (Lipinski definition) is 7. The first-order valence-corrected chi connectivity index (χ1v) is 5.32. The van der Waals surface area contributed by atoms with Crippen molar-refractivity contribution in [1.82, 2.24) is 14.9 Å². The molecule has 0 saturated carbocycles. The van der Waals surface area contributed by atoms with E-state index in [1.807, 2.05) is 0 Å². The molecule has 0 aliphatic heterocycles. The van der Waals surface area contributed by atoms with Gasteiger partial charge in [0.2, 0.25) is 5.75 Å². The summed E-state index contributed by atoms with van der Waals surface area (Å²) in [6, 6.07) is 2.94. The molecule has 0 saturated heterocycles. The van der Waals surface area contributed by atoms with Gasteiger partial charge >= 0.3 is 6.01 Å². The van der Waals surface area contributed by atoms with E-state index in [0.717, 1.165) is 4.68 Å². The van der Waals surface area contributed by atoms with Gasteiger partial charge in [0.05, 0.1) is 21.3 Å². The average molecular weight is 266 g/mol. The number of hydrogen-bond donors (Lipinski definition) is 2. The van der Waals surface area contributed by atoms with Crippen molar-refractivity contribution in [1.29, 1.82) is 0 Å². The van der Waals surface area contributed by atoms with Crippen LogP contribution in [-0.2, 0) is 0 Å². The van der Waals surface area contributed by atoms with Gasteiger partial charge in [0.15, 0.2) is 17.3 Å². The Morgan fingerprint density at radius 2 is 1.63 bits per heavy atom. The summed E-state index contributed by atoms with van der Waals surface area (Å²) >= 11 is 0. The maximum Gasteiger partial charge on any atom is 0.334 e. The van der Waals surface area contributed by atoms with Gasteiger partial charge in [-0.3, -0.25) is 0 Å². The maximum absolute atomic E-state index is 9.33. The average Bonchev–Trinajstić information content (AvgIpc) is 2.77. The zero-order chi connectivity index (χ0) is 14.0. The Bertz CT molecular complexity index is 571. The Hall–Kier alpha value is -2.64. The van der Waals surface area contributed by atoms with Crippen LogP contribution in [0, 0.1) is 0 Å². The van der Waals surface area contributed by atoms with Crippen molar-refractivity contribution >= 4 is 0 Å². The maximum atomic E-state index is 9.33. The number of ether oxygens (including phenoxy) is 3. The van der Waals surface area contributed by atoms with Crippen LogP contribution in [0.2, 0.25) is 0 Å². The Kier molecular flexibility index (Phi) is 3.32. The lowest BCUT2D eigenvalue weighted by molar-refractivity contribution is 0.324. The van der Waals surface area contributed by atoms with Gasteiger partial charge in [-0.2, -0.15) is 4.68 Å². The van der Waals surface area contributed by atoms with Crippen LogP contribution in [0.15, 0.2) is 12.1 Å². The second-order valence-electron chi connectivity index (χ2n) is 3.61. The van der Waals surface area contributed by atoms with E-state index in [2.05, 4.69) is 10.2 Å². The third kappa shape index (κ3) is 2.07. The highest BCUT2D eigenvalue weighted by Gasteiger charge is 2.18. The van der Waals surface area contributed by atoms with Crippen LogP contribution in [-0.4, -0.2) is 41.3 Å². The van der Waals surface area contributed by atoms with E-state index in [9.17, 15) is 5.11 Å². The smallest absolute Gasteiger partial charge is 0.334 e. The highest BCUT2D eigenvalue weighted by atomic mass is 16.5. The molecule has 0 bridgehead atoms. The molecule has 0 spiro atoms. The topological polar surface area (TPSA) is 105 Å². The van der Waals surface area contributed by atoms with Gasteiger partial charge in [0, 0.05) is 5.56 Å². The van der Waals surface area contributed by atoms with Crippen LogP contribution >= 0.6 is 0 Å². The van der Waals surface area contributed by atoms with Gasteiger partial charge in [-0.15, -0.1) is 5.10 Å². The number of aromatic hydroxyl groups is 1. The van der Waals surface area contributed by atoms with Gasteiger partial charge in [0.1, 0.15) is 0 Å². The Morgan fingerprint density at radius 1 is 1.05 bits per heavy atom. The number of aromatic nitrogens is 3. The predicted octanol–water partition coefficient (Wildman–Crippen LogP) is 0.390. The first kappa shape index (κ1) is 12.8. The highest BCUT2D eigenvalue weighted by molar-refractivity contribution is 5.67. The molecule has 0 atom stereocenters. The van der Waals surface area contributed by atoms with E-state index >= 15 is 0 Å². The Balaban J connectivity index is 2.62. The fraction of sp³-hybridized carbons (Fsp3) is 0.273. The van der Waals surface area contributed by atoms with E-state index in [1.165, 1.54) is 21.3 Å². The van der Waals surface area contributed by atoms with Crippen molar-refractivity contribution in [2.75, 3.05) is 27.2 Å². The second kappa shape index (κ2) is 4.92. The largest absolute Gasteiger partial charge is 0.493 e. The van der Waals surface area contributed by atoms with E-state index in [4.69, 9.17) is 20.1 Å². The molecule has 102 valence electrons. The van der Waals surface area contributed by atoms with E-state index in [-0.39, 0.29) is 11.8 Å². The molecule has 1 heterocycles. The van der Waals surface area contributed by atoms with Crippen LogP contribution < -0.4 is 20.1 Å². The van der Waals surface area contributed by atoms with Gasteiger partial charge in [-0.25, -0.2) is 0 Å². The Labute approximate surface area is 109 Å². The van der Waals surface area contributed by atoms with E-state index in [0.29, 0.717) is 22.8 Å². The first-order chi connectivity index (χ1) is 9.12. The van der Waals surface area contributed by atoms with Crippen LogP contribution in [0.5, 0.6) is 23.3 Å². The molecule has 8 nitrogen and oxygen atoms in total. The van der Waals surface area contributed by atoms with Crippen LogP contribution in [0.3, 0.4) is 0 Å². The van der Waals surface area contributed by atoms with Crippen molar-refractivity contribution in [3.63, 3.8) is 0 Å². The van der Waals surface area contributed by atoms with Gasteiger partial charge < -0.3 is 25.2 Å². The summed E-state index contributed by atoms with van der Waals surface area (Å²) in [5.74, 6) is 7.27. The summed E-state index contributed by atoms with van der Waals surface area (Å²) in [5, 5.41) is 16.6. The third-order valence-electron chi connectivity index (χ3n) is 2.60. The number of rotatable bonds is 4. The molecule has 8 heteroatoms. The summed E-state index contributed by atoms with van der Waals surface area (Å²) < 4.78 is 16.6. The number of nitrogens with zero attached hydrogens (tertiary/aromatic N) is 3. The van der Waals surface area contributed by atoms with Crippen molar-refractivity contribution in [3.05, 3.63) is 12.1 Å². The predicted molar refractivity (Wildman–Crippen MR) is 66.9 cm³/mol. The molecule has 0 unspecified atom stereocenters. The molecule has 0 radical (unpaired) electrons. The van der Waals surface area contributed by atoms with Crippen LogP contribution in [0.1, 0.15) is 0 Å². The second-order valence-corrected chi connectivity index (χ2v) is 3.61. The normalized spacial score (nSPS) is 10.3. The minimum atomic E-state index is -0.385. The van der Waals surface area contributed by atoms with Gasteiger partial charge in [-0.05, 0) is 12.1 Å². The molecule has 0 aliphatic rings. The SMILES string of the molecule is COc1cc(-c2nnc(O)n2N)cc(OC)c1OC. The molecule has 0 aliphatic carbocycles. The highest BCUT2D eigenvalue weighted by Crippen LogP contribution is 2.40. The number of benzene rings is 1. The van der Waals surface area contributed by atoms with Crippen molar-refractivity contribution in [2.45, 2.75) is 0 Å². The van der Waals surface area contributed by atoms with Crippen LogP contribution in [0.25, 0.3) is 11.4 Å². The summed E-state index contributed by atoms with van der Waals surface area (Å²) in [5.41, 5.74) is 0.574. The molecule has 1 aromatic heterocycles. The zero-order valence-corrected chi connectivity index (χ0v) is 10.7. The van der Waals surface area contributed by atoms with E-state index < -0.39 is 0 Å². The molecule has 0 fully saturated rings. The standard InChI is InChI=1S/C11H14N4O4/c1-17-7-4-6(5-8(18-2)9(7)19-3)10-13-14-11(16)15(10)12/h4-5H,12H2,1-3H3,(H,14,16). The van der Waals surface area contributed by atoms with E-state index in [1.54, 1.807) is 12.1 Å². The quantitative estimate of drug-likeness (QED) is 0.771. The number of methoxy groups -OCH3 is 3. The molecule has 19 heavy (non-hydrogen) atoms. The molecule has 3 N–H and O–H groups in total. The monoisotopic (exact) mass is 266 g/mol. The lowest BCUT2D eigenvalue weighted by Gasteiger charge is -2.13. The lowest BCUT2D eigenvalue weighted by Crippen LogP contribution is -2.09. The van der Waals surface area contributed by atoms with Crippen molar-refractivity contribution in [3.8, 4) is 34.6 Å². The summed E-state index contributed by atoms with van der Waals surface area (Å²) in [6.45, 7) is 0. The molecule has 0 amide bonds. The first-order valence-electron chi connectivity index (χ1n) is 5.32. The Morgan fingerprint density at radius 3 is 2.00 bits per heavy atom. The molecular formula is C11H14N4O4. The number of nitrogens with two attached hydrogens (primary N) is 1. The molecule has 1 aromatic carbocycles. The minimum absolute atomic E-state index is 0.275. The molecule has 2 rings (SSSR count). The van der Waals surface area contributed by atoms with Crippen molar-refractivity contribution in [2.24, 2.45) is 0 Å². The fourth-order valence-electron chi connectivity index (χ4n) is 1.69. The fourth-order valence-corrected chi connectivity index (χ4v) is 1.69. The molecular weight excluding hydrogens is 252 g/mol. The third-order valence-corrected chi connectivity index (χ3v) is 2.60. The van der Waals surface area contributed by atoms with Crippen molar-refractivity contribution < 1.29 is 19.3 Å².